The van der Waals surface area contributed by atoms with E-state index in [1.165, 1.54) is 24.3 Å². The number of amides is 1. The number of aliphatic hydroxyl groups excluding tert-OH is 2. The first kappa shape index (κ1) is 32.5. The summed E-state index contributed by atoms with van der Waals surface area (Å²) in [5, 5.41) is 48.4. The normalized spacial score (nSPS) is 12.6. The van der Waals surface area contributed by atoms with Gasteiger partial charge in [0.25, 0.3) is 5.91 Å². The van der Waals surface area contributed by atoms with Gasteiger partial charge in [0.05, 0.1) is 17.9 Å². The van der Waals surface area contributed by atoms with Crippen molar-refractivity contribution in [3.63, 3.8) is 0 Å². The summed E-state index contributed by atoms with van der Waals surface area (Å²) in [6, 6.07) is 12.5. The number of aliphatic hydroxyl groups is 2. The van der Waals surface area contributed by atoms with E-state index in [1.807, 2.05) is 13.8 Å². The molecule has 0 saturated heterocycles. The van der Waals surface area contributed by atoms with Crippen LogP contribution in [-0.4, -0.2) is 55.7 Å². The minimum absolute atomic E-state index is 0. The Balaban J connectivity index is 0.00000533. The molecule has 3 rings (SSSR count). The molecular weight excluding hydrogens is 516 g/mol. The van der Waals surface area contributed by atoms with E-state index in [1.54, 1.807) is 28.9 Å². The van der Waals surface area contributed by atoms with Crippen LogP contribution in [0.1, 0.15) is 66.3 Å². The van der Waals surface area contributed by atoms with Gasteiger partial charge >= 0.3 is 29.6 Å². The van der Waals surface area contributed by atoms with Gasteiger partial charge in [-0.3, -0.25) is 4.79 Å². The predicted molar refractivity (Wildman–Crippen MR) is 136 cm³/mol. The molecule has 1 heterocycles. The first-order valence-electron chi connectivity index (χ1n) is 12.6. The van der Waals surface area contributed by atoms with Crippen molar-refractivity contribution in [1.82, 2.24) is 15.1 Å². The molecular formula is C28H33FN3NaO6. The van der Waals surface area contributed by atoms with E-state index in [2.05, 4.69) is 10.4 Å². The van der Waals surface area contributed by atoms with E-state index in [9.17, 15) is 34.4 Å². The van der Waals surface area contributed by atoms with Gasteiger partial charge in [-0.05, 0) is 67.5 Å². The minimum atomic E-state index is -1.40. The van der Waals surface area contributed by atoms with Crippen molar-refractivity contribution in [3.05, 3.63) is 76.9 Å². The smallest absolute Gasteiger partial charge is 0.550 e. The Morgan fingerprint density at radius 1 is 1.05 bits per heavy atom. The number of halogens is 1. The average molecular weight is 550 g/mol. The maximum Gasteiger partial charge on any atom is 1.00 e. The second-order valence-electron chi connectivity index (χ2n) is 9.54. The molecule has 0 aliphatic heterocycles. The molecule has 3 aromatic rings. The Hall–Kier alpha value is -2.76. The first-order valence-corrected chi connectivity index (χ1v) is 12.6. The number of phenolic OH excluding ortho intramolecular Hbond substituents is 1. The van der Waals surface area contributed by atoms with Crippen LogP contribution in [0.4, 0.5) is 4.39 Å². The maximum absolute atomic E-state index is 13.6. The van der Waals surface area contributed by atoms with E-state index in [-0.39, 0.29) is 72.7 Å². The van der Waals surface area contributed by atoms with Crippen LogP contribution in [0.15, 0.2) is 48.5 Å². The summed E-state index contributed by atoms with van der Waals surface area (Å²) in [6.07, 6.45) is -2.11. The number of aromatic hydroxyl groups is 1. The van der Waals surface area contributed by atoms with Crippen LogP contribution in [0, 0.1) is 5.82 Å². The Morgan fingerprint density at radius 2 is 1.72 bits per heavy atom. The molecule has 0 fully saturated rings. The van der Waals surface area contributed by atoms with Crippen LogP contribution in [0.25, 0.3) is 5.69 Å². The number of carbonyl (C=O) groups excluding carboxylic acids is 2. The monoisotopic (exact) mass is 549 g/mol. The van der Waals surface area contributed by atoms with Crippen LogP contribution in [0.2, 0.25) is 0 Å². The zero-order chi connectivity index (χ0) is 27.8. The van der Waals surface area contributed by atoms with Crippen LogP contribution < -0.4 is 40.0 Å². The van der Waals surface area contributed by atoms with E-state index in [0.29, 0.717) is 28.9 Å². The van der Waals surface area contributed by atoms with Gasteiger partial charge in [-0.1, -0.05) is 32.0 Å². The summed E-state index contributed by atoms with van der Waals surface area (Å²) in [7, 11) is 0. The zero-order valence-corrected chi connectivity index (χ0v) is 24.4. The first-order chi connectivity index (χ1) is 18.1. The van der Waals surface area contributed by atoms with Crippen molar-refractivity contribution in [3.8, 4) is 11.4 Å². The molecule has 2 atom stereocenters. The number of aliphatic carboxylic acids is 1. The third-order valence-electron chi connectivity index (χ3n) is 6.22. The molecule has 0 aliphatic carbocycles. The third kappa shape index (κ3) is 9.15. The molecule has 1 amide bonds. The Labute approximate surface area is 249 Å². The summed E-state index contributed by atoms with van der Waals surface area (Å²) in [6.45, 7) is 4.09. The molecule has 0 unspecified atom stereocenters. The summed E-state index contributed by atoms with van der Waals surface area (Å²) in [5.74, 6) is -2.21. The fraction of sp³-hybridized carbons (Fsp3) is 0.393. The van der Waals surface area contributed by atoms with E-state index in [0.717, 1.165) is 0 Å². The van der Waals surface area contributed by atoms with Gasteiger partial charge in [-0.15, -0.1) is 0 Å². The fourth-order valence-electron chi connectivity index (χ4n) is 4.40. The van der Waals surface area contributed by atoms with E-state index >= 15 is 0 Å². The molecule has 4 N–H and O–H groups in total. The van der Waals surface area contributed by atoms with Gasteiger partial charge in [0.15, 0.2) is 5.69 Å². The quantitative estimate of drug-likeness (QED) is 0.200. The second-order valence-corrected chi connectivity index (χ2v) is 9.54. The fourth-order valence-corrected chi connectivity index (χ4v) is 4.40. The van der Waals surface area contributed by atoms with Crippen molar-refractivity contribution in [2.24, 2.45) is 0 Å². The molecule has 2 aromatic carbocycles. The van der Waals surface area contributed by atoms with E-state index < -0.39 is 36.3 Å². The van der Waals surface area contributed by atoms with Gasteiger partial charge in [-0.25, -0.2) is 9.07 Å². The molecule has 204 valence electrons. The summed E-state index contributed by atoms with van der Waals surface area (Å²) in [4.78, 5) is 23.9. The van der Waals surface area contributed by atoms with Crippen molar-refractivity contribution in [1.29, 1.82) is 0 Å². The standard InChI is InChI=1S/C28H34FN3O6.Na/c1-17(2)26-23(12-11-21(33)15-22(34)16-25(36)37)32(20-9-7-19(29)8-10-20)31-27(26)28(38)30-14-13-18-5-3-4-6-24(18)35;/h3-10,17,21-22,33-35H,11-16H2,1-2H3,(H,30,38)(H,36,37);/q;+1/p-1/t21-,22-;/m1./s1. The number of carboxylic acid groups (broad SMARTS) is 1. The van der Waals surface area contributed by atoms with Gasteiger partial charge in [0.1, 0.15) is 11.6 Å². The van der Waals surface area contributed by atoms with Crippen LogP contribution in [0.3, 0.4) is 0 Å². The largest absolute Gasteiger partial charge is 1.00 e. The molecule has 0 spiro atoms. The Morgan fingerprint density at radius 3 is 2.33 bits per heavy atom. The number of carboxylic acids is 1. The van der Waals surface area contributed by atoms with Gasteiger partial charge in [0.2, 0.25) is 0 Å². The number of para-hydroxylation sites is 1. The number of benzene rings is 2. The topological polar surface area (TPSA) is 148 Å². The van der Waals surface area contributed by atoms with Gasteiger partial charge < -0.3 is 30.5 Å². The van der Waals surface area contributed by atoms with Crippen LogP contribution in [-0.2, 0) is 17.6 Å². The molecule has 0 aliphatic rings. The van der Waals surface area contributed by atoms with E-state index in [4.69, 9.17) is 0 Å². The molecule has 0 bridgehead atoms. The Bertz CT molecular complexity index is 1250. The zero-order valence-electron chi connectivity index (χ0n) is 22.4. The van der Waals surface area contributed by atoms with Crippen molar-refractivity contribution in [2.75, 3.05) is 6.54 Å². The number of rotatable bonds is 13. The summed E-state index contributed by atoms with van der Waals surface area (Å²) < 4.78 is 15.2. The van der Waals surface area contributed by atoms with Crippen LogP contribution in [0.5, 0.6) is 5.75 Å². The van der Waals surface area contributed by atoms with Crippen LogP contribution >= 0.6 is 0 Å². The summed E-state index contributed by atoms with van der Waals surface area (Å²) in [5.41, 5.74) is 2.73. The minimum Gasteiger partial charge on any atom is -0.550 e. The van der Waals surface area contributed by atoms with Gasteiger partial charge in [-0.2, -0.15) is 5.10 Å². The number of phenols is 1. The number of nitrogens with one attached hydrogen (secondary N) is 1. The van der Waals surface area contributed by atoms with Crippen molar-refractivity contribution < 1.29 is 64.0 Å². The number of aromatic nitrogens is 2. The summed E-state index contributed by atoms with van der Waals surface area (Å²) >= 11 is 0. The third-order valence-corrected chi connectivity index (χ3v) is 6.22. The molecule has 9 nitrogen and oxygen atoms in total. The average Bonchev–Trinajstić information content (AvgIpc) is 3.23. The van der Waals surface area contributed by atoms with Crippen molar-refractivity contribution in [2.45, 2.75) is 64.1 Å². The SMILES string of the molecule is CC(C)c1c(C(=O)NCCc2ccccc2O)nn(-c2ccc(F)cc2)c1CC[C@@H](O)C[C@@H](O)CC(=O)[O-].[Na+]. The molecule has 0 radical (unpaired) electrons. The number of hydrogen-bond acceptors (Lipinski definition) is 7. The molecule has 1 aromatic heterocycles. The molecule has 39 heavy (non-hydrogen) atoms. The maximum atomic E-state index is 13.6. The van der Waals surface area contributed by atoms with Crippen molar-refractivity contribution >= 4 is 11.9 Å². The molecule has 11 heteroatoms. The number of nitrogens with zero attached hydrogens (tertiary/aromatic N) is 2. The second kappa shape index (κ2) is 15.1. The predicted octanol–water partition coefficient (Wildman–Crippen LogP) is -0.999. The number of hydrogen-bond donors (Lipinski definition) is 4. The Kier molecular flexibility index (Phi) is 12.6. The molecule has 0 saturated carbocycles. The number of carbonyl (C=O) groups is 2. The van der Waals surface area contributed by atoms with Gasteiger partial charge in [0, 0.05) is 30.2 Å².